The van der Waals surface area contributed by atoms with E-state index in [4.69, 9.17) is 11.6 Å². The quantitative estimate of drug-likeness (QED) is 0.871. The highest BCUT2D eigenvalue weighted by Gasteiger charge is 2.25. The summed E-state index contributed by atoms with van der Waals surface area (Å²) in [5.41, 5.74) is 2.47. The molecule has 6 heteroatoms. The molecule has 2 aromatic rings. The maximum Gasteiger partial charge on any atom is 0.0534 e. The zero-order valence-electron chi connectivity index (χ0n) is 14.3. The second-order valence-electron chi connectivity index (χ2n) is 6.68. The first-order chi connectivity index (χ1) is 11.1. The van der Waals surface area contributed by atoms with Gasteiger partial charge < -0.3 is 5.32 Å². The predicted octanol–water partition coefficient (Wildman–Crippen LogP) is 3.76. The first-order valence-corrected chi connectivity index (χ1v) is 8.72. The molecule has 1 unspecified atom stereocenters. The number of aromatic nitrogens is 2. The van der Waals surface area contributed by atoms with Gasteiger partial charge in [0.2, 0.25) is 0 Å². The maximum absolute atomic E-state index is 6.42. The number of rotatable bonds is 5. The number of hydrogen-bond acceptors (Lipinski definition) is 3. The standard InChI is InChI=1S/C18H25ClN4.ClH/c1-14(2)11-23-13-15(9-21-23)12-22-8-7-20-10-18(22)16-5-3-4-6-17(16)19;/h3-6,9,13-14,18,20H,7-8,10-12H2,1-2H3;1H. The Labute approximate surface area is 155 Å². The van der Waals surface area contributed by atoms with Crippen LogP contribution >= 0.6 is 24.0 Å². The molecule has 0 amide bonds. The fourth-order valence-electron chi connectivity index (χ4n) is 3.18. The van der Waals surface area contributed by atoms with Crippen molar-refractivity contribution in [3.63, 3.8) is 0 Å². The van der Waals surface area contributed by atoms with Crippen molar-refractivity contribution in [2.24, 2.45) is 5.92 Å². The summed E-state index contributed by atoms with van der Waals surface area (Å²) in [5.74, 6) is 0.609. The van der Waals surface area contributed by atoms with Gasteiger partial charge in [0.05, 0.1) is 6.20 Å². The number of hydrogen-bond donors (Lipinski definition) is 1. The van der Waals surface area contributed by atoms with E-state index in [0.29, 0.717) is 12.0 Å². The molecule has 24 heavy (non-hydrogen) atoms. The number of benzene rings is 1. The highest BCUT2D eigenvalue weighted by Crippen LogP contribution is 2.29. The summed E-state index contributed by atoms with van der Waals surface area (Å²) in [4.78, 5) is 2.49. The molecule has 0 saturated carbocycles. The monoisotopic (exact) mass is 368 g/mol. The highest BCUT2D eigenvalue weighted by atomic mass is 35.5. The molecule has 0 aliphatic carbocycles. The Hall–Kier alpha value is -1.07. The van der Waals surface area contributed by atoms with Gasteiger partial charge in [-0.1, -0.05) is 43.6 Å². The van der Waals surface area contributed by atoms with Crippen molar-refractivity contribution in [1.29, 1.82) is 0 Å². The van der Waals surface area contributed by atoms with E-state index >= 15 is 0 Å². The average Bonchev–Trinajstić information content (AvgIpc) is 2.95. The molecule has 2 heterocycles. The van der Waals surface area contributed by atoms with Crippen molar-refractivity contribution in [3.8, 4) is 0 Å². The Morgan fingerprint density at radius 1 is 1.33 bits per heavy atom. The first kappa shape index (κ1) is 19.3. The van der Waals surface area contributed by atoms with Gasteiger partial charge in [-0.05, 0) is 17.5 Å². The van der Waals surface area contributed by atoms with Crippen molar-refractivity contribution in [1.82, 2.24) is 20.0 Å². The van der Waals surface area contributed by atoms with Crippen LogP contribution < -0.4 is 5.32 Å². The predicted molar refractivity (Wildman–Crippen MR) is 102 cm³/mol. The summed E-state index contributed by atoms with van der Waals surface area (Å²) in [5, 5.41) is 8.82. The third-order valence-electron chi connectivity index (χ3n) is 4.24. The van der Waals surface area contributed by atoms with Gasteiger partial charge in [-0.3, -0.25) is 9.58 Å². The van der Waals surface area contributed by atoms with Gasteiger partial charge in [0.25, 0.3) is 0 Å². The normalized spacial score (nSPS) is 18.6. The van der Waals surface area contributed by atoms with Crippen LogP contribution in [0.3, 0.4) is 0 Å². The van der Waals surface area contributed by atoms with Crippen LogP contribution in [0.1, 0.15) is 31.0 Å². The summed E-state index contributed by atoms with van der Waals surface area (Å²) in [6, 6.07) is 8.47. The van der Waals surface area contributed by atoms with E-state index in [1.807, 2.05) is 23.0 Å². The molecule has 1 saturated heterocycles. The molecular weight excluding hydrogens is 343 g/mol. The minimum Gasteiger partial charge on any atom is -0.314 e. The SMILES string of the molecule is CC(C)Cn1cc(CN2CCNCC2c2ccccc2Cl)cn1.Cl. The van der Waals surface area contributed by atoms with E-state index in [9.17, 15) is 0 Å². The van der Waals surface area contributed by atoms with Crippen molar-refractivity contribution >= 4 is 24.0 Å². The van der Waals surface area contributed by atoms with Crippen molar-refractivity contribution in [2.75, 3.05) is 19.6 Å². The van der Waals surface area contributed by atoms with E-state index in [0.717, 1.165) is 37.7 Å². The Morgan fingerprint density at radius 2 is 2.12 bits per heavy atom. The van der Waals surface area contributed by atoms with Gasteiger partial charge in [-0.2, -0.15) is 5.10 Å². The largest absolute Gasteiger partial charge is 0.314 e. The number of nitrogens with one attached hydrogen (secondary N) is 1. The lowest BCUT2D eigenvalue weighted by molar-refractivity contribution is 0.154. The zero-order chi connectivity index (χ0) is 16.2. The molecule has 1 atom stereocenters. The van der Waals surface area contributed by atoms with E-state index in [1.54, 1.807) is 0 Å². The van der Waals surface area contributed by atoms with Crippen LogP contribution in [0.4, 0.5) is 0 Å². The average molecular weight is 369 g/mol. The minimum absolute atomic E-state index is 0. The molecule has 3 rings (SSSR count). The summed E-state index contributed by atoms with van der Waals surface area (Å²) >= 11 is 6.42. The van der Waals surface area contributed by atoms with Crippen LogP contribution in [0.25, 0.3) is 0 Å². The van der Waals surface area contributed by atoms with Gasteiger partial charge in [-0.25, -0.2) is 0 Å². The van der Waals surface area contributed by atoms with E-state index in [1.165, 1.54) is 11.1 Å². The third-order valence-corrected chi connectivity index (χ3v) is 4.59. The Balaban J connectivity index is 0.00000208. The van der Waals surface area contributed by atoms with Crippen molar-refractivity contribution in [3.05, 3.63) is 52.8 Å². The third kappa shape index (κ3) is 4.73. The zero-order valence-corrected chi connectivity index (χ0v) is 15.9. The molecule has 1 aromatic carbocycles. The van der Waals surface area contributed by atoms with Crippen LogP contribution in [0.15, 0.2) is 36.7 Å². The Morgan fingerprint density at radius 3 is 2.88 bits per heavy atom. The topological polar surface area (TPSA) is 33.1 Å². The summed E-state index contributed by atoms with van der Waals surface area (Å²) in [6.45, 7) is 9.28. The molecule has 0 spiro atoms. The van der Waals surface area contributed by atoms with E-state index in [-0.39, 0.29) is 12.4 Å². The van der Waals surface area contributed by atoms with Gasteiger partial charge >= 0.3 is 0 Å². The molecule has 132 valence electrons. The molecule has 0 radical (unpaired) electrons. The lowest BCUT2D eigenvalue weighted by atomic mass is 10.0. The molecule has 1 aliphatic heterocycles. The minimum atomic E-state index is 0. The van der Waals surface area contributed by atoms with Crippen molar-refractivity contribution < 1.29 is 0 Å². The van der Waals surface area contributed by atoms with Crippen LogP contribution in [0, 0.1) is 5.92 Å². The van der Waals surface area contributed by atoms with Crippen LogP contribution in [0.5, 0.6) is 0 Å². The van der Waals surface area contributed by atoms with Crippen LogP contribution in [-0.4, -0.2) is 34.3 Å². The lowest BCUT2D eigenvalue weighted by Gasteiger charge is -2.36. The smallest absolute Gasteiger partial charge is 0.0534 e. The summed E-state index contributed by atoms with van der Waals surface area (Å²) in [6.07, 6.45) is 4.17. The first-order valence-electron chi connectivity index (χ1n) is 8.34. The van der Waals surface area contributed by atoms with Gasteiger partial charge in [0, 0.05) is 55.5 Å². The maximum atomic E-state index is 6.42. The molecule has 1 aromatic heterocycles. The molecule has 1 fully saturated rings. The molecule has 1 N–H and O–H groups in total. The van der Waals surface area contributed by atoms with Gasteiger partial charge in [0.1, 0.15) is 0 Å². The molecule has 1 aliphatic rings. The Kier molecular flexibility index (Phi) is 7.11. The molecule has 0 bridgehead atoms. The summed E-state index contributed by atoms with van der Waals surface area (Å²) < 4.78 is 2.05. The number of halogens is 2. The number of piperazine rings is 1. The summed E-state index contributed by atoms with van der Waals surface area (Å²) in [7, 11) is 0. The van der Waals surface area contributed by atoms with Gasteiger partial charge in [0.15, 0.2) is 0 Å². The molecular formula is C18H26Cl2N4. The van der Waals surface area contributed by atoms with Gasteiger partial charge in [-0.15, -0.1) is 12.4 Å². The number of nitrogens with zero attached hydrogens (tertiary/aromatic N) is 3. The lowest BCUT2D eigenvalue weighted by Crippen LogP contribution is -2.45. The van der Waals surface area contributed by atoms with Crippen molar-refractivity contribution in [2.45, 2.75) is 33.0 Å². The Bertz CT molecular complexity index is 641. The van der Waals surface area contributed by atoms with Crippen LogP contribution in [0.2, 0.25) is 5.02 Å². The highest BCUT2D eigenvalue weighted by molar-refractivity contribution is 6.31. The molecule has 4 nitrogen and oxygen atoms in total. The fourth-order valence-corrected chi connectivity index (χ4v) is 3.45. The van der Waals surface area contributed by atoms with E-state index in [2.05, 4.69) is 47.5 Å². The second kappa shape index (κ2) is 8.86. The second-order valence-corrected chi connectivity index (χ2v) is 7.08. The fraction of sp³-hybridized carbons (Fsp3) is 0.500. The van der Waals surface area contributed by atoms with Crippen LogP contribution in [-0.2, 0) is 13.1 Å². The van der Waals surface area contributed by atoms with E-state index < -0.39 is 0 Å².